The number of thioether (sulfide) groups is 1. The number of aromatic amines is 1. The number of nitrogens with one attached hydrogen (secondary N) is 1. The fourth-order valence-corrected chi connectivity index (χ4v) is 3.72. The molecule has 9 nitrogen and oxygen atoms in total. The molecule has 1 aromatic carbocycles. The number of tetrazole rings is 1. The molecule has 0 bridgehead atoms. The van der Waals surface area contributed by atoms with Gasteiger partial charge in [-0.25, -0.2) is 4.79 Å². The molecule has 0 aliphatic carbocycles. The molecule has 29 heavy (non-hydrogen) atoms. The smallest absolute Gasteiger partial charge is 0.340 e. The van der Waals surface area contributed by atoms with Crippen molar-refractivity contribution in [2.75, 3.05) is 19.5 Å². The van der Waals surface area contributed by atoms with Crippen molar-refractivity contribution in [3.8, 4) is 11.4 Å². The van der Waals surface area contributed by atoms with Crippen molar-refractivity contribution in [3.05, 3.63) is 46.8 Å². The Balaban J connectivity index is 1.79. The molecule has 0 unspecified atom stereocenters. The molecule has 3 rings (SSSR count). The number of para-hydroxylation sites is 2. The van der Waals surface area contributed by atoms with Crippen LogP contribution in [0.1, 0.15) is 39.0 Å². The molecule has 2 aromatic heterocycles. The minimum Gasteiger partial charge on any atom is -0.494 e. The number of Topliss-reactive ketones (excluding diaryl/α,β-unsaturated/α-hetero) is 1. The van der Waals surface area contributed by atoms with Crippen LogP contribution in [0.15, 0.2) is 29.4 Å². The summed E-state index contributed by atoms with van der Waals surface area (Å²) in [6.45, 7) is 5.48. The van der Waals surface area contributed by atoms with E-state index in [9.17, 15) is 9.59 Å². The molecule has 0 radical (unpaired) electrons. The number of ether oxygens (including phenoxy) is 2. The van der Waals surface area contributed by atoms with E-state index < -0.39 is 5.97 Å². The van der Waals surface area contributed by atoms with Crippen molar-refractivity contribution in [2.24, 2.45) is 0 Å². The number of methoxy groups -OCH3 is 1. The maximum absolute atomic E-state index is 12.8. The zero-order valence-electron chi connectivity index (χ0n) is 16.6. The summed E-state index contributed by atoms with van der Waals surface area (Å²) in [6, 6.07) is 7.32. The molecular formula is C19H21N5O4S. The zero-order chi connectivity index (χ0) is 21.0. The molecular weight excluding hydrogens is 394 g/mol. The van der Waals surface area contributed by atoms with E-state index in [-0.39, 0.29) is 18.1 Å². The first-order valence-electron chi connectivity index (χ1n) is 8.92. The van der Waals surface area contributed by atoms with Gasteiger partial charge in [-0.3, -0.25) is 4.79 Å². The number of nitrogens with zero attached hydrogens (tertiary/aromatic N) is 4. The second-order valence-corrected chi connectivity index (χ2v) is 7.04. The second kappa shape index (κ2) is 8.91. The van der Waals surface area contributed by atoms with Gasteiger partial charge in [0.1, 0.15) is 11.4 Å². The number of aryl methyl sites for hydroxylation is 1. The van der Waals surface area contributed by atoms with E-state index in [1.807, 2.05) is 18.2 Å². The van der Waals surface area contributed by atoms with Gasteiger partial charge in [-0.1, -0.05) is 23.9 Å². The van der Waals surface area contributed by atoms with E-state index in [1.165, 1.54) is 16.4 Å². The van der Waals surface area contributed by atoms with Crippen LogP contribution in [0.4, 0.5) is 0 Å². The number of hydrogen-bond donors (Lipinski definition) is 1. The summed E-state index contributed by atoms with van der Waals surface area (Å²) in [4.78, 5) is 27.9. The summed E-state index contributed by atoms with van der Waals surface area (Å²) in [5.74, 6) is 0.104. The van der Waals surface area contributed by atoms with E-state index in [2.05, 4.69) is 20.5 Å². The molecule has 0 aliphatic heterocycles. The quantitative estimate of drug-likeness (QED) is 0.340. The maximum Gasteiger partial charge on any atom is 0.340 e. The van der Waals surface area contributed by atoms with Gasteiger partial charge in [-0.2, -0.15) is 4.68 Å². The van der Waals surface area contributed by atoms with Crippen LogP contribution >= 0.6 is 11.8 Å². The predicted octanol–water partition coefficient (Wildman–Crippen LogP) is 2.77. The van der Waals surface area contributed by atoms with Crippen molar-refractivity contribution in [1.29, 1.82) is 0 Å². The molecule has 152 valence electrons. The van der Waals surface area contributed by atoms with E-state index in [4.69, 9.17) is 9.47 Å². The van der Waals surface area contributed by atoms with Gasteiger partial charge in [0.25, 0.3) is 0 Å². The highest BCUT2D eigenvalue weighted by Crippen LogP contribution is 2.27. The SMILES string of the molecule is CCOC(=O)c1c(C)[nH]c(C(=O)CSc2nnnn2-c2ccccc2OC)c1C. The van der Waals surface area contributed by atoms with Crippen molar-refractivity contribution >= 4 is 23.5 Å². The lowest BCUT2D eigenvalue weighted by Crippen LogP contribution is -2.09. The fraction of sp³-hybridized carbons (Fsp3) is 0.316. The Hall–Kier alpha value is -3.14. The molecule has 0 aliphatic rings. The number of hydrogen-bond acceptors (Lipinski definition) is 8. The van der Waals surface area contributed by atoms with Crippen LogP contribution in [-0.2, 0) is 4.74 Å². The third-order valence-electron chi connectivity index (χ3n) is 4.28. The largest absolute Gasteiger partial charge is 0.494 e. The summed E-state index contributed by atoms with van der Waals surface area (Å²) >= 11 is 1.20. The first-order chi connectivity index (χ1) is 14.0. The van der Waals surface area contributed by atoms with Gasteiger partial charge >= 0.3 is 5.97 Å². The first kappa shape index (κ1) is 20.6. The lowest BCUT2D eigenvalue weighted by molar-refractivity contribution is 0.0525. The summed E-state index contributed by atoms with van der Waals surface area (Å²) in [5.41, 5.74) is 2.64. The normalized spacial score (nSPS) is 10.8. The molecule has 0 saturated carbocycles. The van der Waals surface area contributed by atoms with Gasteiger partial charge in [0.2, 0.25) is 5.16 Å². The number of rotatable bonds is 8. The molecule has 1 N–H and O–H groups in total. The van der Waals surface area contributed by atoms with Crippen molar-refractivity contribution in [2.45, 2.75) is 25.9 Å². The molecule has 0 atom stereocenters. The summed E-state index contributed by atoms with van der Waals surface area (Å²) in [5, 5.41) is 12.2. The lowest BCUT2D eigenvalue weighted by atomic mass is 10.1. The summed E-state index contributed by atoms with van der Waals surface area (Å²) in [6.07, 6.45) is 0. The van der Waals surface area contributed by atoms with Crippen LogP contribution in [0.5, 0.6) is 5.75 Å². The van der Waals surface area contributed by atoms with Crippen LogP contribution in [-0.4, -0.2) is 56.4 Å². The number of esters is 1. The topological polar surface area (TPSA) is 112 Å². The van der Waals surface area contributed by atoms with E-state index in [0.29, 0.717) is 39.1 Å². The highest BCUT2D eigenvalue weighted by molar-refractivity contribution is 7.99. The second-order valence-electron chi connectivity index (χ2n) is 6.10. The molecule has 2 heterocycles. The minimum absolute atomic E-state index is 0.0958. The Kier molecular flexibility index (Phi) is 6.32. The van der Waals surface area contributed by atoms with E-state index in [0.717, 1.165) is 0 Å². The Morgan fingerprint density at radius 2 is 2.00 bits per heavy atom. The standard InChI is InChI=1S/C19H21N5O4S/c1-5-28-18(26)16-11(2)17(20-12(16)3)14(25)10-29-19-21-22-23-24(19)13-8-6-7-9-15(13)27-4/h6-9,20H,5,10H2,1-4H3. The molecule has 3 aromatic rings. The Morgan fingerprint density at radius 3 is 2.72 bits per heavy atom. The number of aromatic nitrogens is 5. The number of ketones is 1. The van der Waals surface area contributed by atoms with Gasteiger partial charge < -0.3 is 14.5 Å². The van der Waals surface area contributed by atoms with Crippen molar-refractivity contribution in [3.63, 3.8) is 0 Å². The zero-order valence-corrected chi connectivity index (χ0v) is 17.4. The number of benzene rings is 1. The van der Waals surface area contributed by atoms with Crippen LogP contribution in [0.3, 0.4) is 0 Å². The monoisotopic (exact) mass is 415 g/mol. The van der Waals surface area contributed by atoms with Crippen molar-refractivity contribution in [1.82, 2.24) is 25.2 Å². The average Bonchev–Trinajstić information content (AvgIpc) is 3.30. The van der Waals surface area contributed by atoms with Gasteiger partial charge in [-0.15, -0.1) is 5.10 Å². The minimum atomic E-state index is -0.439. The summed E-state index contributed by atoms with van der Waals surface area (Å²) < 4.78 is 11.9. The van der Waals surface area contributed by atoms with Crippen LogP contribution in [0, 0.1) is 13.8 Å². The third kappa shape index (κ3) is 4.16. The fourth-order valence-electron chi connectivity index (χ4n) is 2.97. The average molecular weight is 415 g/mol. The lowest BCUT2D eigenvalue weighted by Gasteiger charge is -2.08. The van der Waals surface area contributed by atoms with E-state index in [1.54, 1.807) is 33.9 Å². The Labute approximate surface area is 171 Å². The van der Waals surface area contributed by atoms with Crippen LogP contribution in [0.25, 0.3) is 5.69 Å². The Bertz CT molecular complexity index is 1040. The third-order valence-corrected chi connectivity index (χ3v) is 5.20. The molecule has 0 saturated heterocycles. The molecule has 0 amide bonds. The predicted molar refractivity (Wildman–Crippen MR) is 107 cm³/mol. The number of carbonyl (C=O) groups excluding carboxylic acids is 2. The molecule has 0 spiro atoms. The van der Waals surface area contributed by atoms with Crippen molar-refractivity contribution < 1.29 is 19.1 Å². The highest BCUT2D eigenvalue weighted by atomic mass is 32.2. The van der Waals surface area contributed by atoms with Gasteiger partial charge in [0.05, 0.1) is 30.7 Å². The number of carbonyl (C=O) groups is 2. The first-order valence-corrected chi connectivity index (χ1v) is 9.90. The van der Waals surface area contributed by atoms with Gasteiger partial charge in [0.15, 0.2) is 5.78 Å². The van der Waals surface area contributed by atoms with Crippen LogP contribution < -0.4 is 4.74 Å². The molecule has 10 heteroatoms. The molecule has 0 fully saturated rings. The highest BCUT2D eigenvalue weighted by Gasteiger charge is 2.23. The Morgan fingerprint density at radius 1 is 1.24 bits per heavy atom. The van der Waals surface area contributed by atoms with Gasteiger partial charge in [-0.05, 0) is 48.9 Å². The van der Waals surface area contributed by atoms with Crippen LogP contribution in [0.2, 0.25) is 0 Å². The summed E-state index contributed by atoms with van der Waals surface area (Å²) in [7, 11) is 1.57. The van der Waals surface area contributed by atoms with E-state index >= 15 is 0 Å². The number of H-pyrrole nitrogens is 1. The van der Waals surface area contributed by atoms with Gasteiger partial charge in [0, 0.05) is 5.69 Å². The maximum atomic E-state index is 12.8.